The first-order chi connectivity index (χ1) is 21.5. The Labute approximate surface area is 257 Å². The highest BCUT2D eigenvalue weighted by Gasteiger charge is 2.45. The first kappa shape index (κ1) is 28.7. The van der Waals surface area contributed by atoms with E-state index in [1.807, 2.05) is 17.2 Å². The zero-order chi connectivity index (χ0) is 30.3. The van der Waals surface area contributed by atoms with Crippen molar-refractivity contribution in [1.82, 2.24) is 24.8 Å². The average molecular weight is 596 g/mol. The SMILES string of the molecule is C=CC(=O)N1CCN(c2nc(OCC34CCCN3CCC4)nc3cc(-c4cncc5c4CCCC5)c(F)cc23)C[C@@H]1CC#N. The number of halogens is 1. The zero-order valence-electron chi connectivity index (χ0n) is 25.1. The van der Waals surface area contributed by atoms with E-state index in [2.05, 4.69) is 22.5 Å². The number of nitriles is 1. The molecule has 1 atom stereocenters. The third-order valence-corrected chi connectivity index (χ3v) is 10.2. The van der Waals surface area contributed by atoms with Crippen molar-refractivity contribution in [3.05, 3.63) is 54.1 Å². The van der Waals surface area contributed by atoms with Gasteiger partial charge in [0.15, 0.2) is 0 Å². The number of fused-ring (bicyclic) bond motifs is 3. The molecule has 1 aliphatic carbocycles. The number of carbonyl (C=O) groups is 1. The van der Waals surface area contributed by atoms with Gasteiger partial charge in [-0.1, -0.05) is 6.58 Å². The summed E-state index contributed by atoms with van der Waals surface area (Å²) in [4.78, 5) is 33.0. The molecular formula is C34H38FN7O2. The molecule has 4 aliphatic rings. The minimum atomic E-state index is -0.350. The Hall–Kier alpha value is -4.10. The molecule has 3 saturated heterocycles. The van der Waals surface area contributed by atoms with Crippen molar-refractivity contribution in [3.63, 3.8) is 0 Å². The van der Waals surface area contributed by atoms with Crippen LogP contribution in [0.15, 0.2) is 37.2 Å². The lowest BCUT2D eigenvalue weighted by molar-refractivity contribution is -0.128. The second kappa shape index (κ2) is 11.8. The van der Waals surface area contributed by atoms with Crippen LogP contribution < -0.4 is 9.64 Å². The van der Waals surface area contributed by atoms with Crippen molar-refractivity contribution in [2.24, 2.45) is 0 Å². The Morgan fingerprint density at radius 3 is 2.70 bits per heavy atom. The monoisotopic (exact) mass is 595 g/mol. The van der Waals surface area contributed by atoms with Crippen molar-refractivity contribution < 1.29 is 13.9 Å². The number of piperazine rings is 1. The predicted molar refractivity (Wildman–Crippen MR) is 166 cm³/mol. The molecule has 0 radical (unpaired) electrons. The van der Waals surface area contributed by atoms with Crippen LogP contribution in [-0.2, 0) is 17.6 Å². The summed E-state index contributed by atoms with van der Waals surface area (Å²) in [6.07, 6.45) is 13.7. The first-order valence-corrected chi connectivity index (χ1v) is 15.9. The molecule has 44 heavy (non-hydrogen) atoms. The van der Waals surface area contributed by atoms with E-state index in [4.69, 9.17) is 14.7 Å². The summed E-state index contributed by atoms with van der Waals surface area (Å²) in [5.74, 6) is 0.00989. The highest BCUT2D eigenvalue weighted by atomic mass is 19.1. The number of rotatable bonds is 7. The second-order valence-corrected chi connectivity index (χ2v) is 12.6. The van der Waals surface area contributed by atoms with Gasteiger partial charge in [-0.25, -0.2) is 4.39 Å². The van der Waals surface area contributed by atoms with Gasteiger partial charge in [0.2, 0.25) is 5.91 Å². The smallest absolute Gasteiger partial charge is 0.319 e. The molecule has 0 bridgehead atoms. The van der Waals surface area contributed by atoms with Crippen molar-refractivity contribution in [2.75, 3.05) is 44.2 Å². The number of aromatic nitrogens is 3. The highest BCUT2D eigenvalue weighted by Crippen LogP contribution is 2.40. The molecule has 0 N–H and O–H groups in total. The summed E-state index contributed by atoms with van der Waals surface area (Å²) < 4.78 is 22.5. The molecule has 7 rings (SSSR count). The summed E-state index contributed by atoms with van der Waals surface area (Å²) in [7, 11) is 0. The van der Waals surface area contributed by atoms with Crippen molar-refractivity contribution in [3.8, 4) is 23.2 Å². The Morgan fingerprint density at radius 1 is 1.09 bits per heavy atom. The van der Waals surface area contributed by atoms with E-state index in [9.17, 15) is 10.1 Å². The maximum atomic E-state index is 16.1. The fraction of sp³-hybridized carbons (Fsp3) is 0.500. The molecule has 228 valence electrons. The van der Waals surface area contributed by atoms with Crippen LogP contribution in [-0.4, -0.2) is 81.6 Å². The van der Waals surface area contributed by atoms with Gasteiger partial charge < -0.3 is 14.5 Å². The summed E-state index contributed by atoms with van der Waals surface area (Å²) in [6, 6.07) is 5.49. The van der Waals surface area contributed by atoms with Gasteiger partial charge in [0, 0.05) is 48.5 Å². The van der Waals surface area contributed by atoms with Crippen LogP contribution in [0.1, 0.15) is 56.1 Å². The number of pyridine rings is 1. The van der Waals surface area contributed by atoms with Crippen LogP contribution in [0.25, 0.3) is 22.0 Å². The number of ether oxygens (including phenoxy) is 1. The van der Waals surface area contributed by atoms with Crippen molar-refractivity contribution >= 4 is 22.6 Å². The van der Waals surface area contributed by atoms with Crippen molar-refractivity contribution in [2.45, 2.75) is 69.4 Å². The standard InChI is InChI=1S/C34H38FN7O2/c1-2-31(43)42-16-15-40(21-24(42)9-12-36)32-27-17-29(35)26(28-20-37-19-23-7-3-4-8-25(23)28)18-30(27)38-33(39-32)44-22-34-10-5-13-41(34)14-6-11-34/h2,17-20,24H,1,3-11,13-16,21-22H2/t24-/m0/s1. The third kappa shape index (κ3) is 5.07. The molecule has 3 aliphatic heterocycles. The number of aryl methyl sites for hydroxylation is 1. The van der Waals surface area contributed by atoms with E-state index in [-0.39, 0.29) is 35.7 Å². The van der Waals surface area contributed by atoms with Crippen LogP contribution in [0.5, 0.6) is 6.01 Å². The molecule has 2 aromatic heterocycles. The topological polar surface area (TPSA) is 98.5 Å². The maximum Gasteiger partial charge on any atom is 0.319 e. The van der Waals surface area contributed by atoms with Crippen LogP contribution >= 0.6 is 0 Å². The molecule has 1 amide bonds. The summed E-state index contributed by atoms with van der Waals surface area (Å²) in [5.41, 5.74) is 4.28. The average Bonchev–Trinajstić information content (AvgIpc) is 3.64. The molecule has 1 aromatic carbocycles. The molecule has 0 saturated carbocycles. The molecule has 3 aromatic rings. The van der Waals surface area contributed by atoms with Gasteiger partial charge in [-0.15, -0.1) is 0 Å². The van der Waals surface area contributed by atoms with E-state index in [1.165, 1.54) is 36.1 Å². The summed E-state index contributed by atoms with van der Waals surface area (Å²) >= 11 is 0. The van der Waals surface area contributed by atoms with Crippen LogP contribution in [0.4, 0.5) is 10.2 Å². The first-order valence-electron chi connectivity index (χ1n) is 15.9. The second-order valence-electron chi connectivity index (χ2n) is 12.6. The van der Waals surface area contributed by atoms with Gasteiger partial charge in [-0.2, -0.15) is 15.2 Å². The molecular weight excluding hydrogens is 557 g/mol. The Kier molecular flexibility index (Phi) is 7.67. The Morgan fingerprint density at radius 2 is 1.91 bits per heavy atom. The lowest BCUT2D eigenvalue weighted by Crippen LogP contribution is -2.55. The third-order valence-electron chi connectivity index (χ3n) is 10.2. The van der Waals surface area contributed by atoms with Gasteiger partial charge in [-0.05, 0) is 93.8 Å². The minimum absolute atomic E-state index is 0.0236. The van der Waals surface area contributed by atoms with E-state index in [0.29, 0.717) is 48.5 Å². The van der Waals surface area contributed by atoms with E-state index in [0.717, 1.165) is 57.2 Å². The molecule has 0 spiro atoms. The number of anilines is 1. The number of amides is 1. The molecule has 10 heteroatoms. The predicted octanol–water partition coefficient (Wildman–Crippen LogP) is 4.83. The maximum absolute atomic E-state index is 16.1. The number of hydrogen-bond donors (Lipinski definition) is 0. The fourth-order valence-electron chi connectivity index (χ4n) is 7.91. The van der Waals surface area contributed by atoms with Gasteiger partial charge in [0.1, 0.15) is 18.2 Å². The molecule has 0 unspecified atom stereocenters. The number of nitrogens with zero attached hydrogens (tertiary/aromatic N) is 7. The normalized spacial score (nSPS) is 21.1. The zero-order valence-corrected chi connectivity index (χ0v) is 25.1. The lowest BCUT2D eigenvalue weighted by Gasteiger charge is -2.41. The fourth-order valence-corrected chi connectivity index (χ4v) is 7.91. The number of hydrogen-bond acceptors (Lipinski definition) is 8. The van der Waals surface area contributed by atoms with E-state index in [1.54, 1.807) is 11.1 Å². The minimum Gasteiger partial charge on any atom is -0.461 e. The van der Waals surface area contributed by atoms with E-state index < -0.39 is 0 Å². The van der Waals surface area contributed by atoms with Crippen LogP contribution in [0.3, 0.4) is 0 Å². The number of carbonyl (C=O) groups excluding carboxylic acids is 1. The molecule has 3 fully saturated rings. The highest BCUT2D eigenvalue weighted by molar-refractivity contribution is 5.94. The quantitative estimate of drug-likeness (QED) is 0.358. The molecule has 5 heterocycles. The van der Waals surface area contributed by atoms with Gasteiger partial charge in [-0.3, -0.25) is 14.7 Å². The summed E-state index contributed by atoms with van der Waals surface area (Å²) in [6.45, 7) is 7.60. The van der Waals surface area contributed by atoms with Crippen molar-refractivity contribution in [1.29, 1.82) is 5.26 Å². The Balaban J connectivity index is 1.30. The summed E-state index contributed by atoms with van der Waals surface area (Å²) in [5, 5.41) is 10.1. The van der Waals surface area contributed by atoms with Crippen LogP contribution in [0, 0.1) is 17.1 Å². The number of benzene rings is 1. The lowest BCUT2D eigenvalue weighted by atomic mass is 9.87. The largest absolute Gasteiger partial charge is 0.461 e. The van der Waals surface area contributed by atoms with E-state index >= 15 is 4.39 Å². The van der Waals surface area contributed by atoms with Crippen LogP contribution in [0.2, 0.25) is 0 Å². The van der Waals surface area contributed by atoms with Gasteiger partial charge in [0.05, 0.1) is 29.6 Å². The van der Waals surface area contributed by atoms with Gasteiger partial charge >= 0.3 is 6.01 Å². The van der Waals surface area contributed by atoms with Gasteiger partial charge in [0.25, 0.3) is 0 Å². The molecule has 9 nitrogen and oxygen atoms in total. The Bertz CT molecular complexity index is 1640.